The Bertz CT molecular complexity index is 1600. The van der Waals surface area contributed by atoms with Crippen molar-refractivity contribution < 1.29 is 54.9 Å². The molecule has 0 N–H and O–H groups in total. The second-order valence-electron chi connectivity index (χ2n) is 11.8. The first-order chi connectivity index (χ1) is 22.6. The second-order valence-corrected chi connectivity index (χ2v) is 11.8. The Hall–Kier alpha value is -4.34. The lowest BCUT2D eigenvalue weighted by atomic mass is 9.83. The summed E-state index contributed by atoms with van der Waals surface area (Å²) in [7, 11) is 4.34. The number of alkyl halides is 6. The maximum atomic E-state index is 13.6. The predicted molar refractivity (Wildman–Crippen MR) is 159 cm³/mol. The van der Waals surface area contributed by atoms with Crippen LogP contribution < -0.4 is 9.64 Å². The quantitative estimate of drug-likeness (QED) is 0.227. The molecule has 0 saturated carbocycles. The van der Waals surface area contributed by atoms with Gasteiger partial charge in [0.2, 0.25) is 5.95 Å². The first-order valence-corrected chi connectivity index (χ1v) is 15.0. The summed E-state index contributed by atoms with van der Waals surface area (Å²) in [6, 6.07) is 4.36. The third-order valence-corrected chi connectivity index (χ3v) is 8.77. The van der Waals surface area contributed by atoms with Gasteiger partial charge in [-0.2, -0.15) is 26.3 Å². The maximum absolute atomic E-state index is 13.6. The molecule has 1 aromatic heterocycles. The van der Waals surface area contributed by atoms with E-state index in [2.05, 4.69) is 4.98 Å². The van der Waals surface area contributed by atoms with Gasteiger partial charge in [0.1, 0.15) is 11.9 Å². The highest BCUT2D eigenvalue weighted by molar-refractivity contribution is 5.75. The molecule has 5 rings (SSSR count). The van der Waals surface area contributed by atoms with Gasteiger partial charge in [0.15, 0.2) is 0 Å². The van der Waals surface area contributed by atoms with Crippen LogP contribution >= 0.6 is 0 Å². The standard InChI is InChI=1S/C32H34F6N4O6/c1-17-28(19-10-20(31(33,34)35)12-21(11-19)32(36,37)38)48-30(44)42(17)16-25-24(13-39-29(40-25)41-14-22(15-41)45-2)23-9-18(5-7-26(23)46-3)6-8-27(43)47-4/h5,7,9-10,12-13,17,19,22,28H,6,8,11,14-16H2,1-4H3/t17-,19?,28-/m0/s1. The van der Waals surface area contributed by atoms with Crippen LogP contribution in [0.1, 0.15) is 31.0 Å². The van der Waals surface area contributed by atoms with E-state index in [-0.39, 0.29) is 25.1 Å². The lowest BCUT2D eigenvalue weighted by Gasteiger charge is -2.38. The fourth-order valence-electron chi connectivity index (χ4n) is 5.99. The van der Waals surface area contributed by atoms with Gasteiger partial charge in [-0.1, -0.05) is 12.1 Å². The van der Waals surface area contributed by atoms with E-state index >= 15 is 0 Å². The van der Waals surface area contributed by atoms with Gasteiger partial charge in [0.05, 0.1) is 44.2 Å². The Labute approximate surface area is 272 Å². The topological polar surface area (TPSA) is 103 Å². The highest BCUT2D eigenvalue weighted by atomic mass is 19.4. The number of rotatable bonds is 10. The van der Waals surface area contributed by atoms with Crippen LogP contribution in [0.25, 0.3) is 11.1 Å². The minimum atomic E-state index is -5.03. The summed E-state index contributed by atoms with van der Waals surface area (Å²) in [5.74, 6) is -1.00. The minimum Gasteiger partial charge on any atom is -0.496 e. The number of carbonyl (C=O) groups excluding carboxylic acids is 2. The van der Waals surface area contributed by atoms with Crippen molar-refractivity contribution in [1.29, 1.82) is 0 Å². The molecule has 2 aliphatic heterocycles. The number of anilines is 1. The number of cyclic esters (lactones) is 1. The van der Waals surface area contributed by atoms with E-state index in [4.69, 9.17) is 23.9 Å². The molecular formula is C32H34F6N4O6. The van der Waals surface area contributed by atoms with Gasteiger partial charge in [-0.15, -0.1) is 0 Å². The van der Waals surface area contributed by atoms with Crippen LogP contribution in [0.15, 0.2) is 47.7 Å². The highest BCUT2D eigenvalue weighted by Gasteiger charge is 2.48. The zero-order chi connectivity index (χ0) is 35.0. The molecule has 1 aliphatic carbocycles. The minimum absolute atomic E-state index is 0.0292. The van der Waals surface area contributed by atoms with Crippen LogP contribution in [-0.2, 0) is 32.0 Å². The smallest absolute Gasteiger partial charge is 0.416 e. The Balaban J connectivity index is 1.49. The van der Waals surface area contributed by atoms with Crippen LogP contribution in [0.2, 0.25) is 0 Å². The molecule has 1 aromatic carbocycles. The third-order valence-electron chi connectivity index (χ3n) is 8.77. The molecular weight excluding hydrogens is 650 g/mol. The first kappa shape index (κ1) is 35.0. The summed E-state index contributed by atoms with van der Waals surface area (Å²) in [5.41, 5.74) is -0.694. The lowest BCUT2D eigenvalue weighted by molar-refractivity contribution is -0.140. The van der Waals surface area contributed by atoms with E-state index in [9.17, 15) is 35.9 Å². The molecule has 260 valence electrons. The molecule has 0 spiro atoms. The SMILES string of the molecule is COC(=O)CCc1ccc(OC)c(-c2cnc(N3CC(OC)C3)nc2CN2C(=O)O[C@H](C3C=C(C(F)(F)F)C=C(C(F)(F)F)C3)[C@@H]2C)c1. The number of hydrogen-bond donors (Lipinski definition) is 0. The van der Waals surface area contributed by atoms with E-state index in [0.717, 1.165) is 5.56 Å². The number of benzene rings is 1. The molecule has 48 heavy (non-hydrogen) atoms. The van der Waals surface area contributed by atoms with Gasteiger partial charge in [0.25, 0.3) is 0 Å². The number of allylic oxidation sites excluding steroid dienone is 3. The lowest BCUT2D eigenvalue weighted by Crippen LogP contribution is -2.52. The molecule has 16 heteroatoms. The van der Waals surface area contributed by atoms with Crippen molar-refractivity contribution in [2.75, 3.05) is 39.3 Å². The van der Waals surface area contributed by atoms with E-state index in [1.54, 1.807) is 31.5 Å². The number of hydrogen-bond acceptors (Lipinski definition) is 9. The van der Waals surface area contributed by atoms with Crippen molar-refractivity contribution in [3.8, 4) is 16.9 Å². The molecule has 0 radical (unpaired) electrons. The molecule has 1 unspecified atom stereocenters. The fourth-order valence-corrected chi connectivity index (χ4v) is 5.99. The molecule has 2 aromatic rings. The molecule has 3 aliphatic rings. The summed E-state index contributed by atoms with van der Waals surface area (Å²) in [6.07, 6.45) is -10.2. The normalized spacial score (nSPS) is 21.8. The van der Waals surface area contributed by atoms with E-state index < -0.39 is 60.0 Å². The van der Waals surface area contributed by atoms with Gasteiger partial charge in [-0.3, -0.25) is 9.69 Å². The van der Waals surface area contributed by atoms with Crippen molar-refractivity contribution in [1.82, 2.24) is 14.9 Å². The summed E-state index contributed by atoms with van der Waals surface area (Å²) in [6.45, 7) is 2.33. The van der Waals surface area contributed by atoms with Crippen LogP contribution in [0.4, 0.5) is 37.1 Å². The van der Waals surface area contributed by atoms with Gasteiger partial charge < -0.3 is 23.8 Å². The van der Waals surface area contributed by atoms with Crippen molar-refractivity contribution in [2.24, 2.45) is 5.92 Å². The largest absolute Gasteiger partial charge is 0.496 e. The number of nitrogens with zero attached hydrogens (tertiary/aromatic N) is 4. The summed E-state index contributed by atoms with van der Waals surface area (Å²) >= 11 is 0. The average Bonchev–Trinajstić information content (AvgIpc) is 3.30. The zero-order valence-corrected chi connectivity index (χ0v) is 26.5. The molecule has 3 heterocycles. The first-order valence-electron chi connectivity index (χ1n) is 15.0. The summed E-state index contributed by atoms with van der Waals surface area (Å²) in [4.78, 5) is 37.4. The predicted octanol–water partition coefficient (Wildman–Crippen LogP) is 5.80. The van der Waals surface area contributed by atoms with Gasteiger partial charge in [-0.05, 0) is 43.5 Å². The molecule has 2 saturated heterocycles. The van der Waals surface area contributed by atoms with Gasteiger partial charge in [0, 0.05) is 55.4 Å². The third kappa shape index (κ3) is 7.37. The van der Waals surface area contributed by atoms with Crippen molar-refractivity contribution in [3.05, 3.63) is 59.0 Å². The van der Waals surface area contributed by atoms with Crippen LogP contribution in [0.3, 0.4) is 0 Å². The van der Waals surface area contributed by atoms with Crippen molar-refractivity contribution in [2.45, 2.75) is 63.3 Å². The number of esters is 1. The Morgan fingerprint density at radius 1 is 1.06 bits per heavy atom. The monoisotopic (exact) mass is 684 g/mol. The van der Waals surface area contributed by atoms with E-state index in [0.29, 0.717) is 54.1 Å². The Morgan fingerprint density at radius 2 is 1.79 bits per heavy atom. The second kappa shape index (κ2) is 13.6. The molecule has 2 fully saturated rings. The molecule has 10 nitrogen and oxygen atoms in total. The number of aromatic nitrogens is 2. The van der Waals surface area contributed by atoms with Crippen molar-refractivity contribution in [3.63, 3.8) is 0 Å². The van der Waals surface area contributed by atoms with Crippen LogP contribution in [0, 0.1) is 5.92 Å². The Morgan fingerprint density at radius 3 is 2.42 bits per heavy atom. The van der Waals surface area contributed by atoms with E-state index in [1.165, 1.54) is 26.0 Å². The fraction of sp³-hybridized carbons (Fsp3) is 0.500. The number of methoxy groups -OCH3 is 3. The van der Waals surface area contributed by atoms with Crippen LogP contribution in [-0.4, -0.2) is 92.0 Å². The Kier molecular flexibility index (Phi) is 9.94. The number of aryl methyl sites for hydroxylation is 1. The maximum Gasteiger partial charge on any atom is 0.416 e. The number of ether oxygens (including phenoxy) is 4. The average molecular weight is 685 g/mol. The zero-order valence-electron chi connectivity index (χ0n) is 26.5. The molecule has 0 bridgehead atoms. The summed E-state index contributed by atoms with van der Waals surface area (Å²) < 4.78 is 103. The van der Waals surface area contributed by atoms with E-state index in [1.807, 2.05) is 4.90 Å². The van der Waals surface area contributed by atoms with Crippen LogP contribution in [0.5, 0.6) is 5.75 Å². The molecule has 3 atom stereocenters. The summed E-state index contributed by atoms with van der Waals surface area (Å²) in [5, 5.41) is 0. The van der Waals surface area contributed by atoms with Crippen molar-refractivity contribution >= 4 is 18.0 Å². The van der Waals surface area contributed by atoms with Gasteiger partial charge >= 0.3 is 24.4 Å². The number of carbonyl (C=O) groups is 2. The number of amides is 1. The highest BCUT2D eigenvalue weighted by Crippen LogP contribution is 2.43. The number of halogens is 6. The molecule has 1 amide bonds. The van der Waals surface area contributed by atoms with Gasteiger partial charge in [-0.25, -0.2) is 14.8 Å².